The first-order valence-corrected chi connectivity index (χ1v) is 8.01. The lowest BCUT2D eigenvalue weighted by Crippen LogP contribution is -2.30. The number of hydrogen-bond donors (Lipinski definition) is 0. The van der Waals surface area contributed by atoms with Gasteiger partial charge in [-0.2, -0.15) is 0 Å². The van der Waals surface area contributed by atoms with Crippen LogP contribution in [0.1, 0.15) is 18.4 Å². The highest BCUT2D eigenvalue weighted by atomic mass is 79.9. The van der Waals surface area contributed by atoms with Crippen molar-refractivity contribution in [1.82, 2.24) is 9.80 Å². The van der Waals surface area contributed by atoms with Gasteiger partial charge in [-0.3, -0.25) is 4.79 Å². The fraction of sp³-hybridized carbons (Fsp3) is 0.562. The summed E-state index contributed by atoms with van der Waals surface area (Å²) in [6.45, 7) is 2.94. The van der Waals surface area contributed by atoms with E-state index in [0.717, 1.165) is 36.9 Å². The number of likely N-dealkylation sites (tertiary alicyclic amines) is 1. The van der Waals surface area contributed by atoms with Crippen molar-refractivity contribution in [3.63, 3.8) is 0 Å². The van der Waals surface area contributed by atoms with Crippen LogP contribution in [0.2, 0.25) is 0 Å². The van der Waals surface area contributed by atoms with Gasteiger partial charge in [-0.15, -0.1) is 0 Å². The highest BCUT2D eigenvalue weighted by molar-refractivity contribution is 9.10. The molecule has 3 nitrogen and oxygen atoms in total. The molecule has 0 aromatic heterocycles. The third kappa shape index (κ3) is 4.60. The number of amides is 1. The highest BCUT2D eigenvalue weighted by Crippen LogP contribution is 2.18. The molecule has 1 aromatic rings. The zero-order valence-corrected chi connectivity index (χ0v) is 13.9. The van der Waals surface area contributed by atoms with Gasteiger partial charge < -0.3 is 9.80 Å². The molecule has 0 spiro atoms. The smallest absolute Gasteiger partial charge is 0.222 e. The molecule has 1 atom stereocenters. The Bertz CT molecular complexity index is 444. The number of rotatable bonds is 5. The predicted octanol–water partition coefficient (Wildman–Crippen LogP) is 2.79. The van der Waals surface area contributed by atoms with Gasteiger partial charge in [-0.05, 0) is 50.6 Å². The standard InChI is InChI=1S/C16H23BrN2O/c1-18(2)11-14-9-10-19(12-14)16(20)8-5-13-3-6-15(17)7-4-13/h3-4,6-7,14H,5,8-12H2,1-2H3/t14-/m1/s1. The average Bonchev–Trinajstić information content (AvgIpc) is 2.85. The van der Waals surface area contributed by atoms with Crippen molar-refractivity contribution in [2.24, 2.45) is 5.92 Å². The minimum atomic E-state index is 0.300. The van der Waals surface area contributed by atoms with Crippen LogP contribution in [0.25, 0.3) is 0 Å². The van der Waals surface area contributed by atoms with Crippen molar-refractivity contribution in [3.8, 4) is 0 Å². The second-order valence-electron chi connectivity index (χ2n) is 5.88. The summed E-state index contributed by atoms with van der Waals surface area (Å²) in [5.41, 5.74) is 1.23. The largest absolute Gasteiger partial charge is 0.342 e. The second kappa shape index (κ2) is 7.23. The van der Waals surface area contributed by atoms with E-state index in [1.54, 1.807) is 0 Å². The predicted molar refractivity (Wildman–Crippen MR) is 85.7 cm³/mol. The molecule has 20 heavy (non-hydrogen) atoms. The van der Waals surface area contributed by atoms with Gasteiger partial charge in [-0.25, -0.2) is 0 Å². The van der Waals surface area contributed by atoms with E-state index in [1.165, 1.54) is 5.56 Å². The van der Waals surface area contributed by atoms with Crippen LogP contribution in [-0.4, -0.2) is 49.4 Å². The number of nitrogens with zero attached hydrogens (tertiary/aromatic N) is 2. The number of carbonyl (C=O) groups excluding carboxylic acids is 1. The summed E-state index contributed by atoms with van der Waals surface area (Å²) in [4.78, 5) is 16.5. The second-order valence-corrected chi connectivity index (χ2v) is 6.80. The summed E-state index contributed by atoms with van der Waals surface area (Å²) < 4.78 is 1.08. The van der Waals surface area contributed by atoms with Crippen molar-refractivity contribution in [2.75, 3.05) is 33.7 Å². The molecule has 1 aliphatic rings. The van der Waals surface area contributed by atoms with Gasteiger partial charge in [0.25, 0.3) is 0 Å². The average molecular weight is 339 g/mol. The van der Waals surface area contributed by atoms with E-state index in [1.807, 2.05) is 17.0 Å². The zero-order valence-electron chi connectivity index (χ0n) is 12.3. The van der Waals surface area contributed by atoms with E-state index >= 15 is 0 Å². The summed E-state index contributed by atoms with van der Waals surface area (Å²) in [7, 11) is 4.19. The third-order valence-electron chi connectivity index (χ3n) is 3.80. The summed E-state index contributed by atoms with van der Waals surface area (Å²) >= 11 is 3.43. The fourth-order valence-electron chi connectivity index (χ4n) is 2.79. The molecule has 1 aromatic carbocycles. The Morgan fingerprint density at radius 2 is 2.05 bits per heavy atom. The lowest BCUT2D eigenvalue weighted by Gasteiger charge is -2.18. The third-order valence-corrected chi connectivity index (χ3v) is 4.33. The van der Waals surface area contributed by atoms with E-state index in [-0.39, 0.29) is 0 Å². The molecule has 4 heteroatoms. The monoisotopic (exact) mass is 338 g/mol. The van der Waals surface area contributed by atoms with Gasteiger partial charge in [0.1, 0.15) is 0 Å². The summed E-state index contributed by atoms with van der Waals surface area (Å²) in [6.07, 6.45) is 2.60. The molecule has 110 valence electrons. The molecule has 2 rings (SSSR count). The van der Waals surface area contributed by atoms with Gasteiger partial charge in [0.05, 0.1) is 0 Å². The molecule has 1 aliphatic heterocycles. The number of aryl methyl sites for hydroxylation is 1. The fourth-order valence-corrected chi connectivity index (χ4v) is 3.05. The number of benzene rings is 1. The number of carbonyl (C=O) groups is 1. The van der Waals surface area contributed by atoms with Crippen molar-refractivity contribution in [2.45, 2.75) is 19.3 Å². The minimum Gasteiger partial charge on any atom is -0.342 e. The molecular weight excluding hydrogens is 316 g/mol. The van der Waals surface area contributed by atoms with Gasteiger partial charge in [0.15, 0.2) is 0 Å². The Balaban J connectivity index is 1.77. The lowest BCUT2D eigenvalue weighted by molar-refractivity contribution is -0.130. The van der Waals surface area contributed by atoms with E-state index < -0.39 is 0 Å². The van der Waals surface area contributed by atoms with Crippen LogP contribution >= 0.6 is 15.9 Å². The van der Waals surface area contributed by atoms with E-state index in [2.05, 4.69) is 47.1 Å². The molecule has 0 radical (unpaired) electrons. The van der Waals surface area contributed by atoms with Crippen LogP contribution in [0, 0.1) is 5.92 Å². The molecule has 0 aliphatic carbocycles. The first-order valence-electron chi connectivity index (χ1n) is 7.21. The Kier molecular flexibility index (Phi) is 5.61. The molecule has 0 bridgehead atoms. The van der Waals surface area contributed by atoms with Crippen molar-refractivity contribution < 1.29 is 4.79 Å². The normalized spacial score (nSPS) is 18.8. The SMILES string of the molecule is CN(C)C[C@H]1CCN(C(=O)CCc2ccc(Br)cc2)C1. The van der Waals surface area contributed by atoms with Gasteiger partial charge in [0.2, 0.25) is 5.91 Å². The molecular formula is C16H23BrN2O. The Morgan fingerprint density at radius 1 is 1.35 bits per heavy atom. The Hall–Kier alpha value is -0.870. The number of hydrogen-bond acceptors (Lipinski definition) is 2. The Morgan fingerprint density at radius 3 is 2.70 bits per heavy atom. The van der Waals surface area contributed by atoms with E-state index in [0.29, 0.717) is 18.2 Å². The minimum absolute atomic E-state index is 0.300. The molecule has 0 unspecified atom stereocenters. The first kappa shape index (κ1) is 15.5. The van der Waals surface area contributed by atoms with Crippen LogP contribution in [0.4, 0.5) is 0 Å². The summed E-state index contributed by atoms with van der Waals surface area (Å²) in [5, 5.41) is 0. The molecule has 1 saturated heterocycles. The molecule has 0 N–H and O–H groups in total. The van der Waals surface area contributed by atoms with Crippen molar-refractivity contribution in [3.05, 3.63) is 34.3 Å². The summed E-state index contributed by atoms with van der Waals surface area (Å²) in [5.74, 6) is 0.941. The zero-order chi connectivity index (χ0) is 14.5. The van der Waals surface area contributed by atoms with Crippen LogP contribution in [0.5, 0.6) is 0 Å². The quantitative estimate of drug-likeness (QED) is 0.824. The van der Waals surface area contributed by atoms with Crippen LogP contribution in [-0.2, 0) is 11.2 Å². The molecule has 1 heterocycles. The van der Waals surface area contributed by atoms with Crippen LogP contribution < -0.4 is 0 Å². The van der Waals surface area contributed by atoms with Crippen molar-refractivity contribution >= 4 is 21.8 Å². The topological polar surface area (TPSA) is 23.6 Å². The highest BCUT2D eigenvalue weighted by Gasteiger charge is 2.25. The van der Waals surface area contributed by atoms with Gasteiger partial charge in [0, 0.05) is 30.5 Å². The lowest BCUT2D eigenvalue weighted by atomic mass is 10.1. The molecule has 1 fully saturated rings. The molecule has 1 amide bonds. The maximum atomic E-state index is 12.2. The van der Waals surface area contributed by atoms with Crippen molar-refractivity contribution in [1.29, 1.82) is 0 Å². The van der Waals surface area contributed by atoms with Gasteiger partial charge in [-0.1, -0.05) is 28.1 Å². The number of halogens is 1. The Labute approximate surface area is 130 Å². The van der Waals surface area contributed by atoms with Crippen LogP contribution in [0.15, 0.2) is 28.7 Å². The summed E-state index contributed by atoms with van der Waals surface area (Å²) in [6, 6.07) is 8.22. The van der Waals surface area contributed by atoms with Gasteiger partial charge >= 0.3 is 0 Å². The maximum Gasteiger partial charge on any atom is 0.222 e. The van der Waals surface area contributed by atoms with E-state index in [4.69, 9.17) is 0 Å². The van der Waals surface area contributed by atoms with E-state index in [9.17, 15) is 4.79 Å². The van der Waals surface area contributed by atoms with Crippen LogP contribution in [0.3, 0.4) is 0 Å². The first-order chi connectivity index (χ1) is 9.54. The molecule has 0 saturated carbocycles. The maximum absolute atomic E-state index is 12.2.